The van der Waals surface area contributed by atoms with E-state index in [2.05, 4.69) is 14.9 Å². The Balaban J connectivity index is 1.25. The Morgan fingerprint density at radius 2 is 2.21 bits per heavy atom. The Labute approximate surface area is 197 Å². The van der Waals surface area contributed by atoms with Crippen LogP contribution in [0.15, 0.2) is 29.4 Å². The topological polar surface area (TPSA) is 108 Å². The number of benzene rings is 1. The number of rotatable bonds is 3. The van der Waals surface area contributed by atoms with Gasteiger partial charge in [0.15, 0.2) is 5.82 Å². The average Bonchev–Trinajstić information content (AvgIpc) is 3.27. The number of aliphatic imine (C=N–C) groups is 1. The van der Waals surface area contributed by atoms with Crippen LogP contribution in [0.3, 0.4) is 0 Å². The molecular weight excluding hydrogens is 435 g/mol. The number of ether oxygens (including phenoxy) is 1. The fourth-order valence-electron chi connectivity index (χ4n) is 5.46. The van der Waals surface area contributed by atoms with E-state index in [0.29, 0.717) is 37.6 Å². The molecule has 3 heterocycles. The number of nitrogens with two attached hydrogens (primary N) is 1. The Bertz CT molecular complexity index is 1190. The zero-order chi connectivity index (χ0) is 23.8. The molecule has 0 saturated carbocycles. The highest BCUT2D eigenvalue weighted by molar-refractivity contribution is 5.85. The summed E-state index contributed by atoms with van der Waals surface area (Å²) in [6, 6.07) is 7.04. The summed E-state index contributed by atoms with van der Waals surface area (Å²) in [5.74, 6) is 0.0330. The fraction of sp³-hybridized carbons (Fsp3) is 0.440. The SMILES string of the molecule is Cc1c(C2CN3CCN(C(=O)C4CCc5cc(N=CN)ncc54)CC3CO2)ccc(F)c1C#N. The molecule has 1 amide bonds. The van der Waals surface area contributed by atoms with Crippen LogP contribution in [0.4, 0.5) is 10.2 Å². The number of aryl methyl sites for hydroxylation is 1. The summed E-state index contributed by atoms with van der Waals surface area (Å²) in [6.45, 7) is 4.93. The number of nitriles is 1. The maximum absolute atomic E-state index is 13.9. The molecule has 2 aromatic rings. The molecule has 1 aromatic heterocycles. The van der Waals surface area contributed by atoms with E-state index in [0.717, 1.165) is 36.1 Å². The van der Waals surface area contributed by atoms with Crippen molar-refractivity contribution >= 4 is 18.1 Å². The summed E-state index contributed by atoms with van der Waals surface area (Å²) in [6.07, 6.45) is 4.38. The highest BCUT2D eigenvalue weighted by Crippen LogP contribution is 2.37. The van der Waals surface area contributed by atoms with Gasteiger partial charge in [-0.25, -0.2) is 14.4 Å². The minimum Gasteiger partial charge on any atom is -0.390 e. The molecule has 1 aliphatic carbocycles. The van der Waals surface area contributed by atoms with E-state index in [4.69, 9.17) is 10.5 Å². The summed E-state index contributed by atoms with van der Waals surface area (Å²) in [5.41, 5.74) is 9.03. The molecule has 0 bridgehead atoms. The molecule has 3 unspecified atom stereocenters. The van der Waals surface area contributed by atoms with Crippen LogP contribution in [0.5, 0.6) is 0 Å². The van der Waals surface area contributed by atoms with Gasteiger partial charge >= 0.3 is 0 Å². The van der Waals surface area contributed by atoms with E-state index in [9.17, 15) is 14.4 Å². The van der Waals surface area contributed by atoms with Crippen LogP contribution in [0, 0.1) is 24.1 Å². The predicted molar refractivity (Wildman–Crippen MR) is 124 cm³/mol. The molecule has 176 valence electrons. The largest absolute Gasteiger partial charge is 0.390 e. The molecule has 3 atom stereocenters. The van der Waals surface area contributed by atoms with Crippen molar-refractivity contribution in [2.45, 2.75) is 37.8 Å². The average molecular weight is 463 g/mol. The Morgan fingerprint density at radius 3 is 3.00 bits per heavy atom. The Kier molecular flexibility index (Phi) is 6.02. The number of hydrogen-bond donors (Lipinski definition) is 1. The molecule has 0 radical (unpaired) electrons. The lowest BCUT2D eigenvalue weighted by atomic mass is 9.95. The second-order valence-electron chi connectivity index (χ2n) is 9.11. The van der Waals surface area contributed by atoms with Crippen LogP contribution >= 0.6 is 0 Å². The van der Waals surface area contributed by atoms with Gasteiger partial charge in [-0.15, -0.1) is 0 Å². The molecule has 0 spiro atoms. The minimum atomic E-state index is -0.503. The normalized spacial score (nSPS) is 24.6. The molecule has 34 heavy (non-hydrogen) atoms. The van der Waals surface area contributed by atoms with Crippen LogP contribution < -0.4 is 5.73 Å². The smallest absolute Gasteiger partial charge is 0.230 e. The second kappa shape index (κ2) is 9.12. The van der Waals surface area contributed by atoms with Crippen LogP contribution in [0.1, 0.15) is 46.3 Å². The van der Waals surface area contributed by atoms with Crippen molar-refractivity contribution in [2.24, 2.45) is 10.7 Å². The standard InChI is InChI=1S/C25H27FN6O2/c1-15-18(4-5-22(26)20(15)9-27)23-12-31-6-7-32(11-17(31)13-34-23)25(33)19-3-2-16-8-24(30-14-28)29-10-21(16)19/h4-5,8,10,14,17,19,23H,2-3,6-7,11-13H2,1H3,(H2,28,29,30). The van der Waals surface area contributed by atoms with Crippen molar-refractivity contribution in [1.29, 1.82) is 5.26 Å². The first-order valence-corrected chi connectivity index (χ1v) is 11.6. The monoisotopic (exact) mass is 462 g/mol. The zero-order valence-corrected chi connectivity index (χ0v) is 19.1. The first kappa shape index (κ1) is 22.4. The van der Waals surface area contributed by atoms with Gasteiger partial charge in [-0.05, 0) is 54.2 Å². The molecule has 8 nitrogen and oxygen atoms in total. The fourth-order valence-corrected chi connectivity index (χ4v) is 5.46. The number of piperazine rings is 1. The van der Waals surface area contributed by atoms with Crippen LogP contribution in [-0.4, -0.2) is 65.9 Å². The molecule has 2 saturated heterocycles. The van der Waals surface area contributed by atoms with Gasteiger partial charge in [0.05, 0.1) is 36.6 Å². The number of morpholine rings is 1. The minimum absolute atomic E-state index is 0.0759. The number of carbonyl (C=O) groups excluding carboxylic acids is 1. The highest BCUT2D eigenvalue weighted by atomic mass is 19.1. The van der Waals surface area contributed by atoms with Gasteiger partial charge in [-0.1, -0.05) is 6.07 Å². The molecular formula is C25H27FN6O2. The van der Waals surface area contributed by atoms with Gasteiger partial charge in [-0.3, -0.25) is 9.69 Å². The Morgan fingerprint density at radius 1 is 1.35 bits per heavy atom. The van der Waals surface area contributed by atoms with E-state index in [1.165, 1.54) is 12.4 Å². The van der Waals surface area contributed by atoms with E-state index in [-0.39, 0.29) is 29.5 Å². The summed E-state index contributed by atoms with van der Waals surface area (Å²) < 4.78 is 20.1. The number of fused-ring (bicyclic) bond motifs is 2. The number of halogens is 1. The number of amides is 1. The molecule has 5 rings (SSSR count). The van der Waals surface area contributed by atoms with Crippen LogP contribution in [0.2, 0.25) is 0 Å². The predicted octanol–water partition coefficient (Wildman–Crippen LogP) is 2.33. The number of hydrogen-bond acceptors (Lipinski definition) is 6. The third kappa shape index (κ3) is 3.93. The molecule has 1 aromatic carbocycles. The summed E-state index contributed by atoms with van der Waals surface area (Å²) in [5, 5.41) is 9.29. The highest BCUT2D eigenvalue weighted by Gasteiger charge is 2.39. The molecule has 3 aliphatic rings. The van der Waals surface area contributed by atoms with Crippen molar-refractivity contribution in [3.05, 3.63) is 58.0 Å². The van der Waals surface area contributed by atoms with E-state index >= 15 is 0 Å². The van der Waals surface area contributed by atoms with Crippen LogP contribution in [-0.2, 0) is 16.0 Å². The third-order valence-corrected chi connectivity index (χ3v) is 7.31. The maximum Gasteiger partial charge on any atom is 0.230 e. The first-order valence-electron chi connectivity index (χ1n) is 11.6. The van der Waals surface area contributed by atoms with Gasteiger partial charge < -0.3 is 15.4 Å². The van der Waals surface area contributed by atoms with Crippen molar-refractivity contribution in [2.75, 3.05) is 32.8 Å². The van der Waals surface area contributed by atoms with Crippen molar-refractivity contribution in [3.8, 4) is 6.07 Å². The van der Waals surface area contributed by atoms with Crippen molar-refractivity contribution in [3.63, 3.8) is 0 Å². The van der Waals surface area contributed by atoms with Crippen LogP contribution in [0.25, 0.3) is 0 Å². The summed E-state index contributed by atoms with van der Waals surface area (Å²) in [4.78, 5) is 26.1. The molecule has 2 aliphatic heterocycles. The van der Waals surface area contributed by atoms with Gasteiger partial charge in [0.1, 0.15) is 11.9 Å². The van der Waals surface area contributed by atoms with Gasteiger partial charge in [0.2, 0.25) is 5.91 Å². The summed E-state index contributed by atoms with van der Waals surface area (Å²) in [7, 11) is 0. The first-order chi connectivity index (χ1) is 16.5. The van der Waals surface area contributed by atoms with Crippen molar-refractivity contribution in [1.82, 2.24) is 14.8 Å². The maximum atomic E-state index is 13.9. The molecule has 9 heteroatoms. The number of nitrogens with zero attached hydrogens (tertiary/aromatic N) is 5. The van der Waals surface area contributed by atoms with Gasteiger partial charge in [0, 0.05) is 32.4 Å². The summed E-state index contributed by atoms with van der Waals surface area (Å²) >= 11 is 0. The molecule has 2 N–H and O–H groups in total. The van der Waals surface area contributed by atoms with Gasteiger partial charge in [-0.2, -0.15) is 5.26 Å². The number of aromatic nitrogens is 1. The lowest BCUT2D eigenvalue weighted by molar-refractivity contribution is -0.141. The third-order valence-electron chi connectivity index (χ3n) is 7.31. The lowest BCUT2D eigenvalue weighted by Crippen LogP contribution is -2.60. The Hall–Kier alpha value is -3.35. The van der Waals surface area contributed by atoms with E-state index in [1.54, 1.807) is 19.2 Å². The van der Waals surface area contributed by atoms with Crippen molar-refractivity contribution < 1.29 is 13.9 Å². The molecule has 2 fully saturated rings. The van der Waals surface area contributed by atoms with Gasteiger partial charge in [0.25, 0.3) is 0 Å². The lowest BCUT2D eigenvalue weighted by Gasteiger charge is -2.46. The van der Waals surface area contributed by atoms with E-state index in [1.807, 2.05) is 17.0 Å². The number of carbonyl (C=O) groups is 1. The second-order valence-corrected chi connectivity index (χ2v) is 9.11. The zero-order valence-electron chi connectivity index (χ0n) is 19.1. The van der Waals surface area contributed by atoms with E-state index < -0.39 is 5.82 Å². The quantitative estimate of drug-likeness (QED) is 0.554. The number of pyridine rings is 1.